The first-order valence-corrected chi connectivity index (χ1v) is 14.3. The van der Waals surface area contributed by atoms with Crippen molar-refractivity contribution in [1.82, 2.24) is 14.7 Å². The Morgan fingerprint density at radius 2 is 1.89 bits per heavy atom. The molecule has 0 atom stereocenters. The molecule has 2 heterocycles. The summed E-state index contributed by atoms with van der Waals surface area (Å²) < 4.78 is 53.4. The number of pyridine rings is 2. The SMILES string of the molecule is CC(C)COc1cc(F)cc(-c2ccc(C(=O)NS(=O)(=O)c3ccccn3)c(OCCC3CCCC3)n2)c1. The van der Waals surface area contributed by atoms with Crippen molar-refractivity contribution in [3.05, 3.63) is 66.1 Å². The Bertz CT molecular complexity index is 1360. The number of halogens is 1. The molecule has 4 rings (SSSR count). The van der Waals surface area contributed by atoms with Crippen LogP contribution in [0.3, 0.4) is 0 Å². The smallest absolute Gasteiger partial charge is 0.281 e. The van der Waals surface area contributed by atoms with Crippen LogP contribution in [0.25, 0.3) is 11.3 Å². The normalized spacial score (nSPS) is 14.0. The van der Waals surface area contributed by atoms with Crippen molar-refractivity contribution >= 4 is 15.9 Å². The maximum atomic E-state index is 14.4. The monoisotopic (exact) mass is 541 g/mol. The zero-order valence-electron chi connectivity index (χ0n) is 21.5. The molecule has 0 aliphatic heterocycles. The van der Waals surface area contributed by atoms with Crippen molar-refractivity contribution in [1.29, 1.82) is 0 Å². The number of carbonyl (C=O) groups is 1. The van der Waals surface area contributed by atoms with E-state index in [1.807, 2.05) is 18.6 Å². The van der Waals surface area contributed by atoms with Crippen LogP contribution in [0.1, 0.15) is 56.3 Å². The van der Waals surface area contributed by atoms with Gasteiger partial charge in [0.2, 0.25) is 5.88 Å². The van der Waals surface area contributed by atoms with Crippen molar-refractivity contribution < 1.29 is 27.1 Å². The van der Waals surface area contributed by atoms with Gasteiger partial charge in [-0.1, -0.05) is 45.6 Å². The molecule has 1 aromatic carbocycles. The fourth-order valence-corrected chi connectivity index (χ4v) is 5.21. The van der Waals surface area contributed by atoms with Gasteiger partial charge in [-0.2, -0.15) is 8.42 Å². The summed E-state index contributed by atoms with van der Waals surface area (Å²) in [6, 6.07) is 11.6. The third-order valence-corrected chi connectivity index (χ3v) is 7.48. The molecular weight excluding hydrogens is 509 g/mol. The summed E-state index contributed by atoms with van der Waals surface area (Å²) >= 11 is 0. The van der Waals surface area contributed by atoms with Crippen molar-refractivity contribution in [2.24, 2.45) is 11.8 Å². The summed E-state index contributed by atoms with van der Waals surface area (Å²) in [4.78, 5) is 21.4. The van der Waals surface area contributed by atoms with Crippen LogP contribution >= 0.6 is 0 Å². The Morgan fingerprint density at radius 1 is 1.11 bits per heavy atom. The Kier molecular flexibility index (Phi) is 8.93. The lowest BCUT2D eigenvalue weighted by Gasteiger charge is -2.15. The Labute approximate surface area is 222 Å². The summed E-state index contributed by atoms with van der Waals surface area (Å²) in [6.07, 6.45) is 6.78. The highest BCUT2D eigenvalue weighted by Crippen LogP contribution is 2.30. The molecule has 1 aliphatic carbocycles. The van der Waals surface area contributed by atoms with Gasteiger partial charge in [0, 0.05) is 17.8 Å². The Morgan fingerprint density at radius 3 is 2.61 bits per heavy atom. The molecule has 0 saturated heterocycles. The number of nitrogens with one attached hydrogen (secondary N) is 1. The number of hydrogen-bond acceptors (Lipinski definition) is 7. The lowest BCUT2D eigenvalue weighted by molar-refractivity contribution is 0.0976. The van der Waals surface area contributed by atoms with Crippen LogP contribution in [-0.4, -0.2) is 37.5 Å². The van der Waals surface area contributed by atoms with Gasteiger partial charge in [-0.3, -0.25) is 4.79 Å². The fraction of sp³-hybridized carbons (Fsp3) is 0.393. The van der Waals surface area contributed by atoms with E-state index in [1.165, 1.54) is 55.4 Å². The van der Waals surface area contributed by atoms with Gasteiger partial charge in [0.05, 0.1) is 18.9 Å². The molecule has 38 heavy (non-hydrogen) atoms. The molecule has 1 aliphatic rings. The van der Waals surface area contributed by atoms with E-state index in [9.17, 15) is 17.6 Å². The van der Waals surface area contributed by atoms with E-state index in [0.29, 0.717) is 36.1 Å². The van der Waals surface area contributed by atoms with Crippen LogP contribution in [0.15, 0.2) is 59.8 Å². The number of sulfonamides is 1. The van der Waals surface area contributed by atoms with Crippen molar-refractivity contribution in [2.75, 3.05) is 13.2 Å². The van der Waals surface area contributed by atoms with Crippen LogP contribution in [0.5, 0.6) is 11.6 Å². The van der Waals surface area contributed by atoms with Gasteiger partial charge in [-0.15, -0.1) is 0 Å². The highest BCUT2D eigenvalue weighted by atomic mass is 32.2. The van der Waals surface area contributed by atoms with Crippen LogP contribution in [-0.2, 0) is 10.0 Å². The maximum absolute atomic E-state index is 14.4. The number of rotatable bonds is 11. The van der Waals surface area contributed by atoms with E-state index in [-0.39, 0.29) is 22.4 Å². The molecule has 3 aromatic rings. The molecule has 8 nitrogen and oxygen atoms in total. The molecule has 10 heteroatoms. The van der Waals surface area contributed by atoms with E-state index < -0.39 is 21.7 Å². The summed E-state index contributed by atoms with van der Waals surface area (Å²) in [5, 5.41) is -0.282. The van der Waals surface area contributed by atoms with E-state index in [4.69, 9.17) is 9.47 Å². The van der Waals surface area contributed by atoms with Crippen LogP contribution in [0.2, 0.25) is 0 Å². The molecule has 0 spiro atoms. The van der Waals surface area contributed by atoms with Crippen molar-refractivity contribution in [3.63, 3.8) is 0 Å². The third-order valence-electron chi connectivity index (χ3n) is 6.24. The fourth-order valence-electron chi connectivity index (χ4n) is 4.30. The lowest BCUT2D eigenvalue weighted by Crippen LogP contribution is -2.31. The highest BCUT2D eigenvalue weighted by molar-refractivity contribution is 7.90. The van der Waals surface area contributed by atoms with Gasteiger partial charge in [-0.05, 0) is 54.7 Å². The van der Waals surface area contributed by atoms with Crippen LogP contribution < -0.4 is 14.2 Å². The zero-order chi connectivity index (χ0) is 27.1. The topological polar surface area (TPSA) is 107 Å². The van der Waals surface area contributed by atoms with Crippen LogP contribution in [0.4, 0.5) is 4.39 Å². The number of ether oxygens (including phenoxy) is 2. The molecular formula is C28H32FN3O5S. The minimum atomic E-state index is -4.21. The average Bonchev–Trinajstić information content (AvgIpc) is 3.41. The number of aromatic nitrogens is 2. The highest BCUT2D eigenvalue weighted by Gasteiger charge is 2.24. The van der Waals surface area contributed by atoms with E-state index in [1.54, 1.807) is 12.1 Å². The van der Waals surface area contributed by atoms with Gasteiger partial charge in [0.25, 0.3) is 15.9 Å². The molecule has 0 bridgehead atoms. The molecule has 1 saturated carbocycles. The first kappa shape index (κ1) is 27.5. The third kappa shape index (κ3) is 7.28. The number of benzene rings is 1. The van der Waals surface area contributed by atoms with Gasteiger partial charge >= 0.3 is 0 Å². The molecule has 0 unspecified atom stereocenters. The number of carbonyl (C=O) groups excluding carboxylic acids is 1. The minimum Gasteiger partial charge on any atom is -0.493 e. The van der Waals surface area contributed by atoms with Gasteiger partial charge in [0.15, 0.2) is 5.03 Å². The predicted molar refractivity (Wildman–Crippen MR) is 141 cm³/mol. The molecule has 2 aromatic heterocycles. The summed E-state index contributed by atoms with van der Waals surface area (Å²) in [7, 11) is -4.21. The summed E-state index contributed by atoms with van der Waals surface area (Å²) in [5.41, 5.74) is 0.753. The molecule has 202 valence electrons. The first-order chi connectivity index (χ1) is 18.2. The number of amides is 1. The maximum Gasteiger partial charge on any atom is 0.281 e. The van der Waals surface area contributed by atoms with E-state index in [2.05, 4.69) is 9.97 Å². The van der Waals surface area contributed by atoms with Gasteiger partial charge in [-0.25, -0.2) is 19.1 Å². The van der Waals surface area contributed by atoms with Crippen molar-refractivity contribution in [2.45, 2.75) is 51.0 Å². The quantitative estimate of drug-likeness (QED) is 0.347. The van der Waals surface area contributed by atoms with E-state index in [0.717, 1.165) is 19.3 Å². The molecule has 0 radical (unpaired) electrons. The molecule has 1 amide bonds. The average molecular weight is 542 g/mol. The molecule has 1 fully saturated rings. The second-order valence-electron chi connectivity index (χ2n) is 9.82. The summed E-state index contributed by atoms with van der Waals surface area (Å²) in [5.74, 6) is -0.241. The standard InChI is InChI=1S/C28H32FN3O5S/c1-19(2)18-37-23-16-21(15-22(29)17-23)25-11-10-24(28(31-25)36-14-12-20-7-3-4-8-20)27(33)32-38(34,35)26-9-5-6-13-30-26/h5-6,9-11,13,15-17,19-20H,3-4,7-8,12,14,18H2,1-2H3,(H,32,33). The van der Waals surface area contributed by atoms with Crippen molar-refractivity contribution in [3.8, 4) is 22.9 Å². The molecule has 1 N–H and O–H groups in total. The zero-order valence-corrected chi connectivity index (χ0v) is 22.3. The lowest BCUT2D eigenvalue weighted by atomic mass is 10.1. The summed E-state index contributed by atoms with van der Waals surface area (Å²) in [6.45, 7) is 4.74. The van der Waals surface area contributed by atoms with Crippen LogP contribution in [0, 0.1) is 17.7 Å². The van der Waals surface area contributed by atoms with E-state index >= 15 is 0 Å². The Balaban J connectivity index is 1.62. The number of hydrogen-bond donors (Lipinski definition) is 1. The second kappa shape index (κ2) is 12.3. The van der Waals surface area contributed by atoms with Gasteiger partial charge in [0.1, 0.15) is 17.1 Å². The second-order valence-corrected chi connectivity index (χ2v) is 11.4. The number of nitrogens with zero attached hydrogens (tertiary/aromatic N) is 2. The largest absolute Gasteiger partial charge is 0.493 e. The Hall–Kier alpha value is -3.53. The van der Waals surface area contributed by atoms with Gasteiger partial charge < -0.3 is 9.47 Å². The first-order valence-electron chi connectivity index (χ1n) is 12.8. The predicted octanol–water partition coefficient (Wildman–Crippen LogP) is 5.40. The minimum absolute atomic E-state index is 0.0249.